The number of carbonyl (C=O) groups is 1. The van der Waals surface area contributed by atoms with Crippen molar-refractivity contribution in [1.82, 2.24) is 0 Å². The quantitative estimate of drug-likeness (QED) is 0.650. The predicted molar refractivity (Wildman–Crippen MR) is 49.9 cm³/mol. The van der Waals surface area contributed by atoms with Gasteiger partial charge in [0.2, 0.25) is 0 Å². The summed E-state index contributed by atoms with van der Waals surface area (Å²) in [5.41, 5.74) is 0. The van der Waals surface area contributed by atoms with Crippen LogP contribution in [-0.2, 0) is 4.79 Å². The second-order valence-corrected chi connectivity index (χ2v) is 4.42. The number of hydrogen-bond donors (Lipinski definition) is 0. The maximum absolute atomic E-state index is 11.6. The van der Waals surface area contributed by atoms with Crippen molar-refractivity contribution in [2.75, 3.05) is 11.5 Å². The molecule has 0 spiro atoms. The first-order valence-electron chi connectivity index (χ1n) is 4.37. The van der Waals surface area contributed by atoms with E-state index in [2.05, 4.69) is 6.92 Å². The molecule has 64 valence electrons. The van der Waals surface area contributed by atoms with E-state index in [1.165, 1.54) is 5.75 Å². The van der Waals surface area contributed by atoms with Gasteiger partial charge in [-0.25, -0.2) is 0 Å². The molecule has 2 heteroatoms. The van der Waals surface area contributed by atoms with Gasteiger partial charge < -0.3 is 0 Å². The highest BCUT2D eigenvalue weighted by Gasteiger charge is 2.25. The summed E-state index contributed by atoms with van der Waals surface area (Å²) in [5.74, 6) is 3.43. The van der Waals surface area contributed by atoms with Gasteiger partial charge in [-0.2, -0.15) is 11.8 Å². The Morgan fingerprint density at radius 3 is 2.91 bits per heavy atom. The minimum atomic E-state index is 0.290. The zero-order valence-corrected chi connectivity index (χ0v) is 8.12. The van der Waals surface area contributed by atoms with Crippen molar-refractivity contribution < 1.29 is 4.79 Å². The molecule has 1 saturated heterocycles. The Morgan fingerprint density at radius 1 is 1.73 bits per heavy atom. The Balaban J connectivity index is 2.39. The summed E-state index contributed by atoms with van der Waals surface area (Å²) in [6.45, 7) is 4.13. The van der Waals surface area contributed by atoms with Gasteiger partial charge in [0.05, 0.1) is 0 Å². The molecule has 0 amide bonds. The van der Waals surface area contributed by atoms with Crippen LogP contribution in [0.25, 0.3) is 0 Å². The highest BCUT2D eigenvalue weighted by atomic mass is 32.2. The number of thioether (sulfide) groups is 1. The van der Waals surface area contributed by atoms with Gasteiger partial charge >= 0.3 is 0 Å². The standard InChI is InChI=1S/C9H16OS/c1-3-7(2)9(10)8-4-5-11-6-8/h7-8H,3-6H2,1-2H3. The lowest BCUT2D eigenvalue weighted by Crippen LogP contribution is -2.20. The van der Waals surface area contributed by atoms with Crippen LogP contribution in [-0.4, -0.2) is 17.3 Å². The third-order valence-corrected chi connectivity index (χ3v) is 3.59. The second-order valence-electron chi connectivity index (χ2n) is 3.27. The Hall–Kier alpha value is 0.0200. The number of Topliss-reactive ketones (excluding diaryl/α,β-unsaturated/α-hetero) is 1. The van der Waals surface area contributed by atoms with Crippen molar-refractivity contribution in [3.8, 4) is 0 Å². The van der Waals surface area contributed by atoms with E-state index in [0.29, 0.717) is 17.6 Å². The van der Waals surface area contributed by atoms with Crippen molar-refractivity contribution in [1.29, 1.82) is 0 Å². The van der Waals surface area contributed by atoms with Crippen LogP contribution in [0.2, 0.25) is 0 Å². The maximum Gasteiger partial charge on any atom is 0.139 e. The highest BCUT2D eigenvalue weighted by molar-refractivity contribution is 7.99. The summed E-state index contributed by atoms with van der Waals surface area (Å²) in [6.07, 6.45) is 2.12. The van der Waals surface area contributed by atoms with Gasteiger partial charge in [0, 0.05) is 17.6 Å². The molecule has 0 saturated carbocycles. The Labute approximate surface area is 72.9 Å². The zero-order chi connectivity index (χ0) is 8.27. The molecule has 0 radical (unpaired) electrons. The molecule has 2 atom stereocenters. The summed E-state index contributed by atoms with van der Waals surface area (Å²) in [5, 5.41) is 0. The van der Waals surface area contributed by atoms with Crippen molar-refractivity contribution >= 4 is 17.5 Å². The van der Waals surface area contributed by atoms with Crippen LogP contribution in [0.4, 0.5) is 0 Å². The smallest absolute Gasteiger partial charge is 0.139 e. The van der Waals surface area contributed by atoms with Gasteiger partial charge in [-0.3, -0.25) is 4.79 Å². The van der Waals surface area contributed by atoms with Crippen LogP contribution in [0.3, 0.4) is 0 Å². The molecule has 0 aromatic carbocycles. The van der Waals surface area contributed by atoms with Crippen LogP contribution in [0, 0.1) is 11.8 Å². The number of carbonyl (C=O) groups excluding carboxylic acids is 1. The fourth-order valence-electron chi connectivity index (χ4n) is 1.36. The lowest BCUT2D eigenvalue weighted by molar-refractivity contribution is -0.125. The molecule has 2 unspecified atom stereocenters. The first-order chi connectivity index (χ1) is 5.25. The average Bonchev–Trinajstić information content (AvgIpc) is 2.53. The van der Waals surface area contributed by atoms with Crippen LogP contribution in [0.5, 0.6) is 0 Å². The summed E-state index contributed by atoms with van der Waals surface area (Å²) in [4.78, 5) is 11.6. The first kappa shape index (κ1) is 9.11. The molecule has 1 aliphatic rings. The first-order valence-corrected chi connectivity index (χ1v) is 5.52. The van der Waals surface area contributed by atoms with Crippen molar-refractivity contribution in [3.05, 3.63) is 0 Å². The third kappa shape index (κ3) is 2.22. The summed E-state index contributed by atoms with van der Waals surface area (Å²) < 4.78 is 0. The van der Waals surface area contributed by atoms with Gasteiger partial charge in [0.15, 0.2) is 0 Å². The van der Waals surface area contributed by atoms with E-state index in [4.69, 9.17) is 0 Å². The Bertz CT molecular complexity index is 138. The lowest BCUT2D eigenvalue weighted by atomic mass is 9.92. The van der Waals surface area contributed by atoms with Crippen LogP contribution >= 0.6 is 11.8 Å². The number of hydrogen-bond acceptors (Lipinski definition) is 2. The van der Waals surface area contributed by atoms with Gasteiger partial charge in [-0.05, 0) is 18.6 Å². The summed E-state index contributed by atoms with van der Waals surface area (Å²) in [6, 6.07) is 0. The molecule has 0 aromatic heterocycles. The minimum Gasteiger partial charge on any atom is -0.299 e. The van der Waals surface area contributed by atoms with Crippen LogP contribution < -0.4 is 0 Å². The zero-order valence-electron chi connectivity index (χ0n) is 7.30. The van der Waals surface area contributed by atoms with Gasteiger partial charge in [-0.15, -0.1) is 0 Å². The fourth-order valence-corrected chi connectivity index (χ4v) is 2.60. The van der Waals surface area contributed by atoms with E-state index >= 15 is 0 Å². The molecule has 0 aliphatic carbocycles. The van der Waals surface area contributed by atoms with E-state index < -0.39 is 0 Å². The monoisotopic (exact) mass is 172 g/mol. The van der Waals surface area contributed by atoms with Crippen molar-refractivity contribution in [2.24, 2.45) is 11.8 Å². The molecular weight excluding hydrogens is 156 g/mol. The summed E-state index contributed by atoms with van der Waals surface area (Å²) >= 11 is 1.92. The van der Waals surface area contributed by atoms with Crippen molar-refractivity contribution in [3.63, 3.8) is 0 Å². The molecule has 1 nitrogen and oxygen atoms in total. The third-order valence-electron chi connectivity index (χ3n) is 2.43. The van der Waals surface area contributed by atoms with Gasteiger partial charge in [-0.1, -0.05) is 13.8 Å². The van der Waals surface area contributed by atoms with Crippen molar-refractivity contribution in [2.45, 2.75) is 26.7 Å². The largest absolute Gasteiger partial charge is 0.299 e. The molecule has 11 heavy (non-hydrogen) atoms. The molecule has 0 N–H and O–H groups in total. The number of rotatable bonds is 3. The van der Waals surface area contributed by atoms with Gasteiger partial charge in [0.25, 0.3) is 0 Å². The molecule has 0 aromatic rings. The average molecular weight is 172 g/mol. The minimum absolute atomic E-state index is 0.290. The lowest BCUT2D eigenvalue weighted by Gasteiger charge is -2.11. The molecule has 1 fully saturated rings. The van der Waals surface area contributed by atoms with E-state index in [9.17, 15) is 4.79 Å². The normalized spacial score (nSPS) is 26.9. The highest BCUT2D eigenvalue weighted by Crippen LogP contribution is 2.26. The Morgan fingerprint density at radius 2 is 2.45 bits per heavy atom. The fraction of sp³-hybridized carbons (Fsp3) is 0.889. The van der Waals surface area contributed by atoms with Crippen LogP contribution in [0.15, 0.2) is 0 Å². The SMILES string of the molecule is CCC(C)C(=O)C1CCSC1. The predicted octanol–water partition coefficient (Wildman–Crippen LogP) is 2.35. The molecular formula is C9H16OS. The van der Waals surface area contributed by atoms with E-state index in [1.807, 2.05) is 18.7 Å². The number of ketones is 1. The van der Waals surface area contributed by atoms with E-state index in [-0.39, 0.29) is 0 Å². The molecule has 1 aliphatic heterocycles. The summed E-state index contributed by atoms with van der Waals surface area (Å²) in [7, 11) is 0. The van der Waals surface area contributed by atoms with E-state index in [0.717, 1.165) is 18.6 Å². The second kappa shape index (κ2) is 4.15. The molecule has 1 heterocycles. The molecule has 1 rings (SSSR count). The van der Waals surface area contributed by atoms with E-state index in [1.54, 1.807) is 0 Å². The maximum atomic E-state index is 11.6. The van der Waals surface area contributed by atoms with Crippen LogP contribution in [0.1, 0.15) is 26.7 Å². The van der Waals surface area contributed by atoms with Gasteiger partial charge in [0.1, 0.15) is 5.78 Å². The topological polar surface area (TPSA) is 17.1 Å². The Kier molecular flexibility index (Phi) is 3.44. The molecule has 0 bridgehead atoms.